The first-order valence-corrected chi connectivity index (χ1v) is 7.68. The van der Waals surface area contributed by atoms with Crippen molar-refractivity contribution in [1.82, 2.24) is 0 Å². The summed E-state index contributed by atoms with van der Waals surface area (Å²) >= 11 is 0. The van der Waals surface area contributed by atoms with E-state index in [9.17, 15) is 17.9 Å². The molecular weight excluding hydrogens is 295 g/mol. The van der Waals surface area contributed by atoms with Gasteiger partial charge in [-0.25, -0.2) is 12.8 Å². The van der Waals surface area contributed by atoms with E-state index in [1.54, 1.807) is 12.1 Å². The van der Waals surface area contributed by atoms with Crippen LogP contribution in [0.5, 0.6) is 11.5 Å². The zero-order valence-corrected chi connectivity index (χ0v) is 11.6. The zero-order chi connectivity index (χ0) is 15.0. The Morgan fingerprint density at radius 1 is 1.14 bits per heavy atom. The zero-order valence-electron chi connectivity index (χ0n) is 10.8. The lowest BCUT2D eigenvalue weighted by Gasteiger charge is -2.08. The molecule has 1 aliphatic rings. The molecule has 0 aliphatic carbocycles. The molecular formula is C15H11FO4S. The summed E-state index contributed by atoms with van der Waals surface area (Å²) in [5.74, 6) is -0.190. The van der Waals surface area contributed by atoms with Crippen LogP contribution in [0.1, 0.15) is 5.56 Å². The molecule has 0 aromatic heterocycles. The van der Waals surface area contributed by atoms with Crippen molar-refractivity contribution in [1.29, 1.82) is 0 Å². The highest BCUT2D eigenvalue weighted by molar-refractivity contribution is 7.95. The molecule has 21 heavy (non-hydrogen) atoms. The number of phenolic OH excluding ortho intramolecular Hbond substituents is 1. The van der Waals surface area contributed by atoms with Gasteiger partial charge in [0.1, 0.15) is 23.9 Å². The molecule has 1 heterocycles. The monoisotopic (exact) mass is 306 g/mol. The number of rotatable bonds is 3. The van der Waals surface area contributed by atoms with Gasteiger partial charge in [0, 0.05) is 22.6 Å². The Hall–Kier alpha value is -2.34. The summed E-state index contributed by atoms with van der Waals surface area (Å²) in [7, 11) is -3.62. The van der Waals surface area contributed by atoms with E-state index < -0.39 is 15.7 Å². The highest BCUT2D eigenvalue weighted by atomic mass is 32.2. The van der Waals surface area contributed by atoms with Gasteiger partial charge in [0.2, 0.25) is 9.84 Å². The van der Waals surface area contributed by atoms with Crippen LogP contribution in [0.25, 0.3) is 5.57 Å². The molecule has 1 aliphatic heterocycles. The van der Waals surface area contributed by atoms with Crippen LogP contribution in [-0.2, 0) is 9.84 Å². The van der Waals surface area contributed by atoms with Crippen LogP contribution < -0.4 is 4.74 Å². The van der Waals surface area contributed by atoms with Crippen molar-refractivity contribution < 1.29 is 22.7 Å². The summed E-state index contributed by atoms with van der Waals surface area (Å²) in [4.78, 5) is -0.0444. The van der Waals surface area contributed by atoms with Crippen LogP contribution in [0.4, 0.5) is 4.39 Å². The van der Waals surface area contributed by atoms with E-state index >= 15 is 0 Å². The SMILES string of the molecule is O=S1(=O)C=C(COc2cccc(O)c2)c2c(F)cccc21. The number of sulfone groups is 1. The van der Waals surface area contributed by atoms with Crippen molar-refractivity contribution in [2.45, 2.75) is 4.90 Å². The summed E-state index contributed by atoms with van der Waals surface area (Å²) in [5.41, 5.74) is 0.309. The predicted molar refractivity (Wildman–Crippen MR) is 75.2 cm³/mol. The van der Waals surface area contributed by atoms with Crippen LogP contribution in [0.15, 0.2) is 52.8 Å². The number of fused-ring (bicyclic) bond motifs is 1. The van der Waals surface area contributed by atoms with Crippen molar-refractivity contribution >= 4 is 15.4 Å². The number of hydrogen-bond donors (Lipinski definition) is 1. The number of benzene rings is 2. The average Bonchev–Trinajstić information content (AvgIpc) is 2.69. The van der Waals surface area contributed by atoms with Gasteiger partial charge < -0.3 is 9.84 Å². The van der Waals surface area contributed by atoms with Crippen molar-refractivity contribution in [2.75, 3.05) is 6.61 Å². The fourth-order valence-corrected chi connectivity index (χ4v) is 3.67. The summed E-state index contributed by atoms with van der Waals surface area (Å²) < 4.78 is 43.2. The number of hydrogen-bond acceptors (Lipinski definition) is 4. The Labute approximate surface area is 121 Å². The van der Waals surface area contributed by atoms with Gasteiger partial charge >= 0.3 is 0 Å². The summed E-state index contributed by atoms with van der Waals surface area (Å²) in [6.07, 6.45) is 0. The first-order chi connectivity index (χ1) is 9.97. The number of phenols is 1. The van der Waals surface area contributed by atoms with Crippen LogP contribution in [0, 0.1) is 5.82 Å². The van der Waals surface area contributed by atoms with E-state index in [1.165, 1.54) is 30.3 Å². The normalized spacial score (nSPS) is 15.4. The van der Waals surface area contributed by atoms with Crippen LogP contribution in [0.3, 0.4) is 0 Å². The first kappa shape index (κ1) is 13.6. The fourth-order valence-electron chi connectivity index (χ4n) is 2.20. The Balaban J connectivity index is 1.91. The number of halogens is 1. The first-order valence-electron chi connectivity index (χ1n) is 6.14. The minimum atomic E-state index is -3.62. The van der Waals surface area contributed by atoms with Crippen LogP contribution >= 0.6 is 0 Å². The molecule has 0 radical (unpaired) electrons. The molecule has 2 aromatic rings. The van der Waals surface area contributed by atoms with E-state index in [4.69, 9.17) is 4.74 Å². The van der Waals surface area contributed by atoms with Crippen LogP contribution in [0.2, 0.25) is 0 Å². The van der Waals surface area contributed by atoms with Gasteiger partial charge in [-0.1, -0.05) is 12.1 Å². The molecule has 0 amide bonds. The summed E-state index contributed by atoms with van der Waals surface area (Å²) in [5, 5.41) is 10.4. The Morgan fingerprint density at radius 2 is 1.90 bits per heavy atom. The second-order valence-corrected chi connectivity index (χ2v) is 6.35. The summed E-state index contributed by atoms with van der Waals surface area (Å²) in [6, 6.07) is 10.0. The topological polar surface area (TPSA) is 63.6 Å². The largest absolute Gasteiger partial charge is 0.508 e. The van der Waals surface area contributed by atoms with Crippen molar-refractivity contribution in [2.24, 2.45) is 0 Å². The molecule has 0 unspecified atom stereocenters. The second kappa shape index (κ2) is 4.89. The minimum Gasteiger partial charge on any atom is -0.508 e. The van der Waals surface area contributed by atoms with Gasteiger partial charge in [0.05, 0.1) is 4.90 Å². The van der Waals surface area contributed by atoms with Gasteiger partial charge in [-0.3, -0.25) is 0 Å². The quantitative estimate of drug-likeness (QED) is 0.947. The third kappa shape index (κ3) is 2.50. The van der Waals surface area contributed by atoms with Gasteiger partial charge in [-0.2, -0.15) is 0 Å². The van der Waals surface area contributed by atoms with E-state index in [-0.39, 0.29) is 28.4 Å². The number of aromatic hydroxyl groups is 1. The second-order valence-electron chi connectivity index (χ2n) is 4.59. The lowest BCUT2D eigenvalue weighted by molar-refractivity contribution is 0.365. The fraction of sp³-hybridized carbons (Fsp3) is 0.0667. The summed E-state index contributed by atoms with van der Waals surface area (Å²) in [6.45, 7) is -0.101. The lowest BCUT2D eigenvalue weighted by atomic mass is 10.1. The Kier molecular flexibility index (Phi) is 3.17. The molecule has 2 aromatic carbocycles. The van der Waals surface area contributed by atoms with Crippen molar-refractivity contribution in [3.8, 4) is 11.5 Å². The standard InChI is InChI=1S/C15H11FO4S/c16-13-5-2-6-14-15(13)10(9-21(14,18)19)8-20-12-4-1-3-11(17)7-12/h1-7,9,17H,8H2. The third-order valence-electron chi connectivity index (χ3n) is 3.11. The molecule has 3 rings (SSSR count). The molecule has 0 atom stereocenters. The maximum atomic E-state index is 13.9. The van der Waals surface area contributed by atoms with E-state index in [2.05, 4.69) is 0 Å². The van der Waals surface area contributed by atoms with Crippen molar-refractivity contribution in [3.63, 3.8) is 0 Å². The van der Waals surface area contributed by atoms with Gasteiger partial charge in [0.15, 0.2) is 0 Å². The predicted octanol–water partition coefficient (Wildman–Crippen LogP) is 2.74. The minimum absolute atomic E-state index is 0.0344. The molecule has 0 fully saturated rings. The van der Waals surface area contributed by atoms with E-state index in [0.717, 1.165) is 5.41 Å². The lowest BCUT2D eigenvalue weighted by Crippen LogP contribution is -2.01. The third-order valence-corrected chi connectivity index (χ3v) is 4.66. The van der Waals surface area contributed by atoms with E-state index in [0.29, 0.717) is 5.75 Å². The van der Waals surface area contributed by atoms with Gasteiger partial charge in [-0.15, -0.1) is 0 Å². The molecule has 1 N–H and O–H groups in total. The Bertz CT molecular complexity index is 841. The molecule has 0 saturated heterocycles. The molecule has 0 bridgehead atoms. The highest BCUT2D eigenvalue weighted by Gasteiger charge is 2.29. The smallest absolute Gasteiger partial charge is 0.200 e. The van der Waals surface area contributed by atoms with E-state index in [1.807, 2.05) is 0 Å². The average molecular weight is 306 g/mol. The van der Waals surface area contributed by atoms with Gasteiger partial charge in [0.25, 0.3) is 0 Å². The highest BCUT2D eigenvalue weighted by Crippen LogP contribution is 2.35. The molecule has 0 spiro atoms. The Morgan fingerprint density at radius 3 is 2.67 bits per heavy atom. The molecule has 108 valence electrons. The maximum absolute atomic E-state index is 13.9. The maximum Gasteiger partial charge on any atom is 0.200 e. The molecule has 0 saturated carbocycles. The van der Waals surface area contributed by atoms with Gasteiger partial charge in [-0.05, 0) is 24.3 Å². The van der Waals surface area contributed by atoms with Crippen LogP contribution in [-0.4, -0.2) is 20.1 Å². The number of ether oxygens (including phenoxy) is 1. The van der Waals surface area contributed by atoms with Crippen molar-refractivity contribution in [3.05, 3.63) is 59.3 Å². The molecule has 4 nitrogen and oxygen atoms in total. The molecule has 6 heteroatoms.